The average molecular weight is 293 g/mol. The zero-order valence-corrected chi connectivity index (χ0v) is 12.7. The number of nitrogens with two attached hydrogens (primary N) is 1. The van der Waals surface area contributed by atoms with Gasteiger partial charge in [-0.25, -0.2) is 4.98 Å². The number of aromatic nitrogens is 2. The smallest absolute Gasteiger partial charge is 0.0949 e. The number of nitrogens with zero attached hydrogens (tertiary/aromatic N) is 2. The molecule has 3 rings (SSSR count). The van der Waals surface area contributed by atoms with Crippen LogP contribution < -0.4 is 5.73 Å². The second-order valence-corrected chi connectivity index (χ2v) is 6.29. The van der Waals surface area contributed by atoms with E-state index < -0.39 is 0 Å². The molecule has 1 saturated carbocycles. The van der Waals surface area contributed by atoms with Crippen LogP contribution in [-0.4, -0.2) is 35.5 Å². The van der Waals surface area contributed by atoms with Crippen LogP contribution in [0.15, 0.2) is 12.5 Å². The first-order chi connectivity index (χ1) is 10.3. The predicted octanol–water partition coefficient (Wildman–Crippen LogP) is 2.27. The van der Waals surface area contributed by atoms with Gasteiger partial charge in [-0.15, -0.1) is 0 Å². The van der Waals surface area contributed by atoms with Crippen molar-refractivity contribution in [2.45, 2.75) is 57.2 Å². The van der Waals surface area contributed by atoms with Crippen LogP contribution >= 0.6 is 0 Å². The molecule has 2 unspecified atom stereocenters. The van der Waals surface area contributed by atoms with Crippen molar-refractivity contribution in [3.8, 4) is 0 Å². The Morgan fingerprint density at radius 2 is 2.19 bits per heavy atom. The van der Waals surface area contributed by atoms with E-state index in [9.17, 15) is 0 Å². The number of rotatable bonds is 6. The Morgan fingerprint density at radius 3 is 2.95 bits per heavy atom. The molecule has 0 bridgehead atoms. The second-order valence-electron chi connectivity index (χ2n) is 6.29. The second kappa shape index (κ2) is 7.38. The lowest BCUT2D eigenvalue weighted by molar-refractivity contribution is 0.0236. The topological polar surface area (TPSA) is 62.3 Å². The summed E-state index contributed by atoms with van der Waals surface area (Å²) < 4.78 is 13.6. The van der Waals surface area contributed by atoms with Crippen LogP contribution in [0, 0.1) is 5.92 Å². The maximum Gasteiger partial charge on any atom is 0.0949 e. The van der Waals surface area contributed by atoms with Crippen molar-refractivity contribution in [1.29, 1.82) is 0 Å². The van der Waals surface area contributed by atoms with E-state index >= 15 is 0 Å². The van der Waals surface area contributed by atoms with Crippen molar-refractivity contribution in [3.63, 3.8) is 0 Å². The highest BCUT2D eigenvalue weighted by Crippen LogP contribution is 2.26. The number of hydrogen-bond donors (Lipinski definition) is 1. The first-order valence-corrected chi connectivity index (χ1v) is 8.29. The highest BCUT2D eigenvalue weighted by Gasteiger charge is 2.26. The summed E-state index contributed by atoms with van der Waals surface area (Å²) in [6, 6.07) is 0.0182. The van der Waals surface area contributed by atoms with Gasteiger partial charge < -0.3 is 19.8 Å². The molecule has 0 aromatic carbocycles. The molecule has 2 atom stereocenters. The molecule has 1 aromatic rings. The van der Waals surface area contributed by atoms with Gasteiger partial charge in [0.2, 0.25) is 0 Å². The van der Waals surface area contributed by atoms with Gasteiger partial charge in [0.25, 0.3) is 0 Å². The molecule has 1 aromatic heterocycles. The third kappa shape index (κ3) is 3.84. The normalized spacial score (nSPS) is 25.3. The molecule has 5 heteroatoms. The Hall–Kier alpha value is -0.910. The minimum absolute atomic E-state index is 0.0182. The van der Waals surface area contributed by atoms with E-state index in [0.717, 1.165) is 38.5 Å². The summed E-state index contributed by atoms with van der Waals surface area (Å²) in [6.07, 6.45) is 11.7. The van der Waals surface area contributed by atoms with Crippen molar-refractivity contribution in [1.82, 2.24) is 9.55 Å². The molecule has 1 saturated heterocycles. The van der Waals surface area contributed by atoms with E-state index in [2.05, 4.69) is 9.55 Å². The molecule has 2 fully saturated rings. The standard InChI is InChI=1S/C16H27N3O2/c17-16(13-6-8-20-11-13)15-10-18-12-19(15)7-9-21-14-4-2-1-3-5-14/h10,12-14,16H,1-9,11,17H2. The van der Waals surface area contributed by atoms with Gasteiger partial charge in [-0.05, 0) is 19.3 Å². The Labute approximate surface area is 126 Å². The molecule has 2 heterocycles. The van der Waals surface area contributed by atoms with Crippen LogP contribution in [0.3, 0.4) is 0 Å². The van der Waals surface area contributed by atoms with E-state index in [-0.39, 0.29) is 6.04 Å². The summed E-state index contributed by atoms with van der Waals surface area (Å²) >= 11 is 0. The lowest BCUT2D eigenvalue weighted by Gasteiger charge is -2.23. The van der Waals surface area contributed by atoms with E-state index in [4.69, 9.17) is 15.2 Å². The van der Waals surface area contributed by atoms with Gasteiger partial charge in [-0.1, -0.05) is 19.3 Å². The van der Waals surface area contributed by atoms with Crippen LogP contribution in [0.5, 0.6) is 0 Å². The van der Waals surface area contributed by atoms with Gasteiger partial charge in [0.15, 0.2) is 0 Å². The van der Waals surface area contributed by atoms with Crippen LogP contribution in [0.1, 0.15) is 50.3 Å². The van der Waals surface area contributed by atoms with Crippen molar-refractivity contribution >= 4 is 0 Å². The fourth-order valence-electron chi connectivity index (χ4n) is 3.42. The van der Waals surface area contributed by atoms with Crippen molar-refractivity contribution in [2.75, 3.05) is 19.8 Å². The minimum Gasteiger partial charge on any atom is -0.381 e. The summed E-state index contributed by atoms with van der Waals surface area (Å²) in [7, 11) is 0. The van der Waals surface area contributed by atoms with Crippen LogP contribution in [0.25, 0.3) is 0 Å². The van der Waals surface area contributed by atoms with Crippen molar-refractivity contribution in [3.05, 3.63) is 18.2 Å². The predicted molar refractivity (Wildman–Crippen MR) is 80.9 cm³/mol. The largest absolute Gasteiger partial charge is 0.381 e. The zero-order chi connectivity index (χ0) is 14.5. The number of hydrogen-bond acceptors (Lipinski definition) is 4. The van der Waals surface area contributed by atoms with Gasteiger partial charge >= 0.3 is 0 Å². The molecule has 0 amide bonds. The molecular weight excluding hydrogens is 266 g/mol. The fraction of sp³-hybridized carbons (Fsp3) is 0.812. The van der Waals surface area contributed by atoms with Gasteiger partial charge in [0.05, 0.1) is 37.4 Å². The van der Waals surface area contributed by atoms with E-state index in [1.165, 1.54) is 32.1 Å². The lowest BCUT2D eigenvalue weighted by Crippen LogP contribution is -2.25. The summed E-state index contributed by atoms with van der Waals surface area (Å²) in [5, 5.41) is 0. The minimum atomic E-state index is 0.0182. The fourth-order valence-corrected chi connectivity index (χ4v) is 3.42. The first kappa shape index (κ1) is 15.0. The van der Waals surface area contributed by atoms with Crippen LogP contribution in [0.2, 0.25) is 0 Å². The Balaban J connectivity index is 1.50. The Morgan fingerprint density at radius 1 is 1.33 bits per heavy atom. The Bertz CT molecular complexity index is 423. The SMILES string of the molecule is NC(c1cncn1CCOC1CCCCC1)C1CCOC1. The van der Waals surface area contributed by atoms with Gasteiger partial charge in [-0.3, -0.25) is 0 Å². The third-order valence-corrected chi connectivity index (χ3v) is 4.80. The van der Waals surface area contributed by atoms with Gasteiger partial charge in [0, 0.05) is 25.3 Å². The molecule has 1 aliphatic carbocycles. The molecule has 118 valence electrons. The monoisotopic (exact) mass is 293 g/mol. The molecule has 21 heavy (non-hydrogen) atoms. The highest BCUT2D eigenvalue weighted by atomic mass is 16.5. The van der Waals surface area contributed by atoms with E-state index in [1.54, 1.807) is 0 Å². The van der Waals surface area contributed by atoms with Gasteiger partial charge in [-0.2, -0.15) is 0 Å². The third-order valence-electron chi connectivity index (χ3n) is 4.80. The highest BCUT2D eigenvalue weighted by molar-refractivity contribution is 5.07. The molecule has 2 aliphatic rings. The summed E-state index contributed by atoms with van der Waals surface area (Å²) in [5.74, 6) is 0.416. The average Bonchev–Trinajstić information content (AvgIpc) is 3.19. The molecular formula is C16H27N3O2. The van der Waals surface area contributed by atoms with E-state index in [0.29, 0.717) is 12.0 Å². The molecule has 5 nitrogen and oxygen atoms in total. The molecule has 0 spiro atoms. The summed E-state index contributed by atoms with van der Waals surface area (Å²) in [6.45, 7) is 3.19. The summed E-state index contributed by atoms with van der Waals surface area (Å²) in [5.41, 5.74) is 7.49. The maximum atomic E-state index is 6.38. The first-order valence-electron chi connectivity index (χ1n) is 8.29. The van der Waals surface area contributed by atoms with Crippen LogP contribution in [0.4, 0.5) is 0 Å². The van der Waals surface area contributed by atoms with Crippen LogP contribution in [-0.2, 0) is 16.0 Å². The Kier molecular flexibility index (Phi) is 5.27. The quantitative estimate of drug-likeness (QED) is 0.874. The number of imidazole rings is 1. The lowest BCUT2D eigenvalue weighted by atomic mass is 9.97. The van der Waals surface area contributed by atoms with Crippen molar-refractivity contribution in [2.24, 2.45) is 11.7 Å². The van der Waals surface area contributed by atoms with Gasteiger partial charge in [0.1, 0.15) is 0 Å². The zero-order valence-electron chi connectivity index (χ0n) is 12.7. The van der Waals surface area contributed by atoms with Crippen molar-refractivity contribution < 1.29 is 9.47 Å². The summed E-state index contributed by atoms with van der Waals surface area (Å²) in [4.78, 5) is 4.27. The molecule has 1 aliphatic heterocycles. The molecule has 2 N–H and O–H groups in total. The van der Waals surface area contributed by atoms with E-state index in [1.807, 2.05) is 12.5 Å². The maximum absolute atomic E-state index is 6.38. The molecule has 0 radical (unpaired) electrons. The number of ether oxygens (including phenoxy) is 2.